The van der Waals surface area contributed by atoms with Crippen molar-refractivity contribution in [2.24, 2.45) is 0 Å². The first-order chi connectivity index (χ1) is 14.2. The molecule has 2 aromatic carbocycles. The number of rotatable bonds is 4. The summed E-state index contributed by atoms with van der Waals surface area (Å²) >= 11 is 0. The highest BCUT2D eigenvalue weighted by Gasteiger charge is 2.24. The first-order valence-electron chi connectivity index (χ1n) is 8.87. The van der Waals surface area contributed by atoms with Gasteiger partial charge in [0.25, 0.3) is 0 Å². The van der Waals surface area contributed by atoms with Gasteiger partial charge in [-0.15, -0.1) is 0 Å². The van der Waals surface area contributed by atoms with E-state index in [9.17, 15) is 4.79 Å². The molecular weight excluding hydrogens is 374 g/mol. The summed E-state index contributed by atoms with van der Waals surface area (Å²) in [4.78, 5) is 16.5. The highest BCUT2D eigenvalue weighted by atomic mass is 16.5. The average molecular weight is 391 g/mol. The van der Waals surface area contributed by atoms with Crippen LogP contribution in [-0.4, -0.2) is 36.5 Å². The van der Waals surface area contributed by atoms with Gasteiger partial charge in [0.15, 0.2) is 28.2 Å². The SMILES string of the molecule is COc1ccc(-c2c3c[nH][nH]c3nc3c2oc2cc(=O)ccc23)c(OC)c1OC. The molecule has 0 aliphatic heterocycles. The molecule has 5 aromatic rings. The van der Waals surface area contributed by atoms with Gasteiger partial charge in [-0.2, -0.15) is 0 Å². The molecule has 146 valence electrons. The number of hydrogen-bond donors (Lipinski definition) is 2. The van der Waals surface area contributed by atoms with E-state index in [1.807, 2.05) is 12.1 Å². The maximum absolute atomic E-state index is 11.8. The van der Waals surface area contributed by atoms with Gasteiger partial charge in [0, 0.05) is 34.2 Å². The van der Waals surface area contributed by atoms with Crippen molar-refractivity contribution in [1.82, 2.24) is 15.2 Å². The summed E-state index contributed by atoms with van der Waals surface area (Å²) in [5.74, 6) is 1.53. The Morgan fingerprint density at radius 1 is 0.966 bits per heavy atom. The van der Waals surface area contributed by atoms with E-state index in [1.54, 1.807) is 33.6 Å². The molecule has 0 spiro atoms. The number of nitrogens with one attached hydrogen (secondary N) is 2. The van der Waals surface area contributed by atoms with Gasteiger partial charge in [-0.3, -0.25) is 9.89 Å². The summed E-state index contributed by atoms with van der Waals surface area (Å²) in [6.07, 6.45) is 1.81. The number of H-pyrrole nitrogens is 2. The second-order valence-corrected chi connectivity index (χ2v) is 6.48. The molecule has 0 saturated carbocycles. The third kappa shape index (κ3) is 2.39. The number of benzene rings is 2. The molecule has 0 aliphatic rings. The number of ether oxygens (including phenoxy) is 3. The lowest BCUT2D eigenvalue weighted by atomic mass is 10.00. The summed E-state index contributed by atoms with van der Waals surface area (Å²) < 4.78 is 22.8. The zero-order valence-corrected chi connectivity index (χ0v) is 16.0. The van der Waals surface area contributed by atoms with Crippen LogP contribution in [0.1, 0.15) is 0 Å². The summed E-state index contributed by atoms with van der Waals surface area (Å²) in [7, 11) is 4.70. The molecule has 0 amide bonds. The van der Waals surface area contributed by atoms with Crippen LogP contribution in [0.25, 0.3) is 44.2 Å². The van der Waals surface area contributed by atoms with Crippen LogP contribution in [0.4, 0.5) is 0 Å². The normalized spacial score (nSPS) is 11.4. The minimum absolute atomic E-state index is 0.124. The molecule has 0 fully saturated rings. The monoisotopic (exact) mass is 391 g/mol. The van der Waals surface area contributed by atoms with E-state index < -0.39 is 0 Å². The molecule has 0 saturated heterocycles. The lowest BCUT2D eigenvalue weighted by molar-refractivity contribution is 0.325. The molecule has 0 bridgehead atoms. The standard InChI is InChI=1S/C21H17N3O5/c1-26-14-7-6-12(18(27-2)19(14)28-3)16-13-9-22-24-21(13)23-17-11-5-4-10(25)8-15(11)29-20(16)17/h4-9H,1-3H3,(H2,22,23,24). The molecule has 0 unspecified atom stereocenters. The Kier molecular flexibility index (Phi) is 3.73. The molecule has 0 aliphatic carbocycles. The predicted octanol–water partition coefficient (Wildman–Crippen LogP) is 3.84. The summed E-state index contributed by atoms with van der Waals surface area (Å²) in [5, 5.41) is 7.59. The van der Waals surface area contributed by atoms with E-state index in [-0.39, 0.29) is 5.43 Å². The van der Waals surface area contributed by atoms with Gasteiger partial charge >= 0.3 is 0 Å². The van der Waals surface area contributed by atoms with Crippen LogP contribution in [0.15, 0.2) is 45.7 Å². The van der Waals surface area contributed by atoms with Crippen molar-refractivity contribution >= 4 is 33.1 Å². The fraction of sp³-hybridized carbons (Fsp3) is 0.143. The third-order valence-corrected chi connectivity index (χ3v) is 4.99. The Morgan fingerprint density at radius 2 is 1.79 bits per heavy atom. The topological polar surface area (TPSA) is 102 Å². The minimum Gasteiger partial charge on any atom is -0.493 e. The van der Waals surface area contributed by atoms with Gasteiger partial charge in [-0.1, -0.05) is 0 Å². The second-order valence-electron chi connectivity index (χ2n) is 6.48. The minimum atomic E-state index is -0.124. The molecule has 29 heavy (non-hydrogen) atoms. The van der Waals surface area contributed by atoms with Crippen LogP contribution in [0.5, 0.6) is 17.2 Å². The van der Waals surface area contributed by atoms with Crippen molar-refractivity contribution in [2.75, 3.05) is 21.3 Å². The van der Waals surface area contributed by atoms with Crippen molar-refractivity contribution in [3.8, 4) is 28.4 Å². The molecule has 3 heterocycles. The smallest absolute Gasteiger partial charge is 0.203 e. The van der Waals surface area contributed by atoms with E-state index in [4.69, 9.17) is 23.6 Å². The van der Waals surface area contributed by atoms with E-state index in [0.717, 1.165) is 21.9 Å². The number of pyridine rings is 1. The third-order valence-electron chi connectivity index (χ3n) is 4.99. The van der Waals surface area contributed by atoms with Gasteiger partial charge in [0.1, 0.15) is 11.1 Å². The molecule has 0 atom stereocenters. The van der Waals surface area contributed by atoms with Crippen molar-refractivity contribution in [3.05, 3.63) is 46.8 Å². The van der Waals surface area contributed by atoms with Crippen molar-refractivity contribution in [2.45, 2.75) is 0 Å². The van der Waals surface area contributed by atoms with E-state index in [0.29, 0.717) is 39.6 Å². The lowest BCUT2D eigenvalue weighted by Gasteiger charge is -2.16. The first kappa shape index (κ1) is 17.2. The fourth-order valence-electron chi connectivity index (χ4n) is 3.73. The zero-order chi connectivity index (χ0) is 20.1. The number of aromatic nitrogens is 3. The Morgan fingerprint density at radius 3 is 2.55 bits per heavy atom. The number of hydrogen-bond acceptors (Lipinski definition) is 6. The van der Waals surface area contributed by atoms with Crippen LogP contribution < -0.4 is 19.6 Å². The Balaban J connectivity index is 1.97. The zero-order valence-electron chi connectivity index (χ0n) is 16.0. The summed E-state index contributed by atoms with van der Waals surface area (Å²) in [6.45, 7) is 0. The quantitative estimate of drug-likeness (QED) is 0.483. The number of fused-ring (bicyclic) bond motifs is 4. The number of nitrogens with zero attached hydrogens (tertiary/aromatic N) is 1. The first-order valence-corrected chi connectivity index (χ1v) is 8.87. The van der Waals surface area contributed by atoms with Crippen LogP contribution in [0.3, 0.4) is 0 Å². The highest BCUT2D eigenvalue weighted by molar-refractivity contribution is 6.15. The van der Waals surface area contributed by atoms with Gasteiger partial charge < -0.3 is 23.7 Å². The maximum Gasteiger partial charge on any atom is 0.203 e. The predicted molar refractivity (Wildman–Crippen MR) is 109 cm³/mol. The summed E-state index contributed by atoms with van der Waals surface area (Å²) in [5.41, 5.74) is 3.73. The molecule has 0 radical (unpaired) electrons. The van der Waals surface area contributed by atoms with Gasteiger partial charge in [-0.05, 0) is 24.3 Å². The van der Waals surface area contributed by atoms with Gasteiger partial charge in [-0.25, -0.2) is 4.98 Å². The van der Waals surface area contributed by atoms with Gasteiger partial charge in [0.05, 0.1) is 21.3 Å². The van der Waals surface area contributed by atoms with Crippen LogP contribution in [0, 0.1) is 0 Å². The largest absolute Gasteiger partial charge is 0.493 e. The van der Waals surface area contributed by atoms with E-state index >= 15 is 0 Å². The van der Waals surface area contributed by atoms with Crippen LogP contribution >= 0.6 is 0 Å². The fourth-order valence-corrected chi connectivity index (χ4v) is 3.73. The second kappa shape index (κ2) is 6.30. The Labute approximate surface area is 164 Å². The molecule has 5 rings (SSSR count). The molecular formula is C21H17N3O5. The highest BCUT2D eigenvalue weighted by Crippen LogP contribution is 2.48. The number of methoxy groups -OCH3 is 3. The van der Waals surface area contributed by atoms with Crippen molar-refractivity contribution < 1.29 is 18.6 Å². The van der Waals surface area contributed by atoms with E-state index in [2.05, 4.69) is 10.2 Å². The molecule has 2 N–H and O–H groups in total. The van der Waals surface area contributed by atoms with Crippen LogP contribution in [-0.2, 0) is 0 Å². The Bertz CT molecular complexity index is 1440. The van der Waals surface area contributed by atoms with Crippen molar-refractivity contribution in [3.63, 3.8) is 0 Å². The van der Waals surface area contributed by atoms with Gasteiger partial charge in [0.2, 0.25) is 5.75 Å². The van der Waals surface area contributed by atoms with Crippen molar-refractivity contribution in [1.29, 1.82) is 0 Å². The van der Waals surface area contributed by atoms with Crippen LogP contribution in [0.2, 0.25) is 0 Å². The lowest BCUT2D eigenvalue weighted by Crippen LogP contribution is -1.97. The molecule has 8 heteroatoms. The summed E-state index contributed by atoms with van der Waals surface area (Å²) in [6, 6.07) is 8.38. The number of aromatic amines is 2. The van der Waals surface area contributed by atoms with E-state index in [1.165, 1.54) is 12.1 Å². The average Bonchev–Trinajstić information content (AvgIpc) is 3.34. The molecule has 3 aromatic heterocycles. The number of furan rings is 1. The molecule has 8 nitrogen and oxygen atoms in total. The maximum atomic E-state index is 11.8. The Hall–Kier alpha value is -3.94.